The Kier molecular flexibility index (Phi) is 5.46. The molecule has 1 aliphatic heterocycles. The number of ether oxygens (including phenoxy) is 1. The van der Waals surface area contributed by atoms with E-state index in [0.717, 1.165) is 6.07 Å². The van der Waals surface area contributed by atoms with Crippen LogP contribution in [-0.2, 0) is 10.9 Å². The number of alkyl halides is 3. The van der Waals surface area contributed by atoms with E-state index in [0.29, 0.717) is 36.0 Å². The summed E-state index contributed by atoms with van der Waals surface area (Å²) < 4.78 is 45.0. The zero-order valence-electron chi connectivity index (χ0n) is 17.7. The van der Waals surface area contributed by atoms with Crippen molar-refractivity contribution >= 4 is 17.5 Å². The highest BCUT2D eigenvalue weighted by molar-refractivity contribution is 5.72. The van der Waals surface area contributed by atoms with Crippen LogP contribution >= 0.6 is 0 Å². The molecule has 0 bridgehead atoms. The Morgan fingerprint density at radius 3 is 2.65 bits per heavy atom. The Balaban J connectivity index is 1.45. The van der Waals surface area contributed by atoms with E-state index in [1.165, 1.54) is 10.9 Å². The van der Waals surface area contributed by atoms with Crippen molar-refractivity contribution in [1.82, 2.24) is 19.7 Å². The van der Waals surface area contributed by atoms with Gasteiger partial charge < -0.3 is 25.4 Å². The quantitative estimate of drug-likeness (QED) is 0.651. The summed E-state index contributed by atoms with van der Waals surface area (Å²) in [6, 6.07) is 0.585. The van der Waals surface area contributed by atoms with Gasteiger partial charge in [0.15, 0.2) is 11.5 Å². The maximum atomic E-state index is 12.7. The molecule has 0 radical (unpaired) electrons. The molecule has 0 aromatic carbocycles. The van der Waals surface area contributed by atoms with Crippen LogP contribution in [0.15, 0.2) is 12.3 Å². The van der Waals surface area contributed by atoms with Gasteiger partial charge in [-0.3, -0.25) is 4.68 Å². The predicted octanol–water partition coefficient (Wildman–Crippen LogP) is 2.40. The van der Waals surface area contributed by atoms with E-state index in [2.05, 4.69) is 25.7 Å². The molecule has 2 aromatic heterocycles. The van der Waals surface area contributed by atoms with E-state index in [1.807, 2.05) is 25.8 Å². The first kappa shape index (κ1) is 21.6. The fraction of sp³-hybridized carbons (Fsp3) is 0.632. The summed E-state index contributed by atoms with van der Waals surface area (Å²) in [6.07, 6.45) is -2.91. The van der Waals surface area contributed by atoms with Crippen LogP contribution in [0.25, 0.3) is 0 Å². The minimum absolute atomic E-state index is 0.0297. The summed E-state index contributed by atoms with van der Waals surface area (Å²) in [5, 5.41) is 20.4. The van der Waals surface area contributed by atoms with Crippen molar-refractivity contribution in [3.05, 3.63) is 23.7 Å². The maximum Gasteiger partial charge on any atom is 0.435 e. The van der Waals surface area contributed by atoms with Gasteiger partial charge in [0.2, 0.25) is 5.95 Å². The average molecular weight is 441 g/mol. The number of aromatic nitrogens is 4. The first-order valence-corrected chi connectivity index (χ1v) is 10.1. The molecule has 3 heterocycles. The van der Waals surface area contributed by atoms with E-state index in [-0.39, 0.29) is 24.2 Å². The number of hydrogen-bond acceptors (Lipinski definition) is 8. The van der Waals surface area contributed by atoms with Gasteiger partial charge in [0.25, 0.3) is 0 Å². The van der Waals surface area contributed by atoms with Crippen molar-refractivity contribution in [3.63, 3.8) is 0 Å². The largest absolute Gasteiger partial charge is 0.435 e. The summed E-state index contributed by atoms with van der Waals surface area (Å²) in [6.45, 7) is 3.70. The second-order valence-electron chi connectivity index (χ2n) is 8.11. The smallest absolute Gasteiger partial charge is 0.379 e. The van der Waals surface area contributed by atoms with Crippen LogP contribution in [-0.4, -0.2) is 63.4 Å². The molecule has 1 aliphatic carbocycles. The molecular weight excluding hydrogens is 415 g/mol. The summed E-state index contributed by atoms with van der Waals surface area (Å²) in [5.41, 5.74) is 0.456. The number of nitrogens with one attached hydrogen (secondary N) is 2. The molecular formula is C19H26F3N7O2. The van der Waals surface area contributed by atoms with Crippen molar-refractivity contribution in [2.75, 3.05) is 29.7 Å². The highest BCUT2D eigenvalue weighted by atomic mass is 19.4. The van der Waals surface area contributed by atoms with Gasteiger partial charge in [0.1, 0.15) is 18.0 Å². The van der Waals surface area contributed by atoms with E-state index in [9.17, 15) is 18.3 Å². The molecule has 0 saturated heterocycles. The third-order valence-electron chi connectivity index (χ3n) is 6.04. The first-order chi connectivity index (χ1) is 14.6. The lowest BCUT2D eigenvalue weighted by Crippen LogP contribution is -2.55. The van der Waals surface area contributed by atoms with Gasteiger partial charge in [0, 0.05) is 26.4 Å². The topological polar surface area (TPSA) is 100 Å². The summed E-state index contributed by atoms with van der Waals surface area (Å²) in [7, 11) is 3.43. The SMILES string of the molecule is CO[C@H](C)[C@H]1C(O)Nc2c(C)nc(NC3CC(n4ccc(C(F)(F)F)n4)C3)nc2N1C. The van der Waals surface area contributed by atoms with Gasteiger partial charge in [-0.05, 0) is 32.8 Å². The first-order valence-electron chi connectivity index (χ1n) is 10.1. The van der Waals surface area contributed by atoms with Crippen molar-refractivity contribution in [2.24, 2.45) is 0 Å². The number of aliphatic hydroxyl groups is 1. The minimum Gasteiger partial charge on any atom is -0.379 e. The number of aryl methyl sites for hydroxylation is 1. The number of aliphatic hydroxyl groups excluding tert-OH is 1. The van der Waals surface area contributed by atoms with Gasteiger partial charge in [-0.15, -0.1) is 0 Å². The number of rotatable bonds is 5. The molecule has 12 heteroatoms. The number of methoxy groups -OCH3 is 1. The molecule has 4 rings (SSSR count). The monoisotopic (exact) mass is 441 g/mol. The summed E-state index contributed by atoms with van der Waals surface area (Å²) in [4.78, 5) is 11.0. The van der Waals surface area contributed by atoms with Crippen molar-refractivity contribution in [2.45, 2.75) is 63.3 Å². The van der Waals surface area contributed by atoms with Crippen LogP contribution in [0.3, 0.4) is 0 Å². The molecule has 31 heavy (non-hydrogen) atoms. The number of halogens is 3. The number of hydrogen-bond donors (Lipinski definition) is 3. The van der Waals surface area contributed by atoms with E-state index >= 15 is 0 Å². The molecule has 2 aliphatic rings. The van der Waals surface area contributed by atoms with E-state index < -0.39 is 18.1 Å². The van der Waals surface area contributed by atoms with Crippen LogP contribution in [0.2, 0.25) is 0 Å². The Bertz CT molecular complexity index is 945. The third kappa shape index (κ3) is 4.01. The van der Waals surface area contributed by atoms with E-state index in [4.69, 9.17) is 4.74 Å². The van der Waals surface area contributed by atoms with Gasteiger partial charge >= 0.3 is 6.18 Å². The van der Waals surface area contributed by atoms with Crippen molar-refractivity contribution in [3.8, 4) is 0 Å². The Morgan fingerprint density at radius 2 is 2.03 bits per heavy atom. The molecule has 1 unspecified atom stereocenters. The van der Waals surface area contributed by atoms with Crippen LogP contribution in [0.4, 0.5) is 30.6 Å². The van der Waals surface area contributed by atoms with Crippen LogP contribution < -0.4 is 15.5 Å². The standard InChI is InChI=1S/C19H26F3N7O2/c1-9-14-16(28(3)15(10(2)31-4)17(30)25-14)26-18(23-9)24-11-7-12(8-11)29-6-5-13(27-29)19(20,21)22/h5-6,10-12,15,17,25,30H,7-8H2,1-4H3,(H,23,24,26)/t10-,11?,12?,15+,17?/m1/s1. The van der Waals surface area contributed by atoms with Crippen LogP contribution in [0.1, 0.15) is 37.2 Å². The third-order valence-corrected chi connectivity index (χ3v) is 6.04. The van der Waals surface area contributed by atoms with E-state index in [1.54, 1.807) is 7.11 Å². The molecule has 3 N–H and O–H groups in total. The minimum atomic E-state index is -4.44. The molecule has 0 amide bonds. The Hall–Kier alpha value is -2.60. The summed E-state index contributed by atoms with van der Waals surface area (Å²) in [5.74, 6) is 1.08. The molecule has 3 atom stereocenters. The normalized spacial score (nSPS) is 26.6. The van der Waals surface area contributed by atoms with Gasteiger partial charge in [-0.25, -0.2) is 4.98 Å². The Labute approximate surface area is 177 Å². The molecule has 2 aromatic rings. The lowest BCUT2D eigenvalue weighted by atomic mass is 9.87. The number of anilines is 3. The van der Waals surface area contributed by atoms with Crippen molar-refractivity contribution < 1.29 is 23.0 Å². The van der Waals surface area contributed by atoms with Crippen molar-refractivity contribution in [1.29, 1.82) is 0 Å². The molecule has 1 fully saturated rings. The van der Waals surface area contributed by atoms with Gasteiger partial charge in [-0.1, -0.05) is 0 Å². The second-order valence-corrected chi connectivity index (χ2v) is 8.11. The number of likely N-dealkylation sites (N-methyl/N-ethyl adjacent to an activating group) is 1. The number of nitrogens with zero attached hydrogens (tertiary/aromatic N) is 5. The number of fused-ring (bicyclic) bond motifs is 1. The molecule has 170 valence electrons. The molecule has 1 saturated carbocycles. The van der Waals surface area contributed by atoms with Crippen LogP contribution in [0.5, 0.6) is 0 Å². The summed E-state index contributed by atoms with van der Waals surface area (Å²) >= 11 is 0. The predicted molar refractivity (Wildman–Crippen MR) is 108 cm³/mol. The molecule has 9 nitrogen and oxygen atoms in total. The second kappa shape index (κ2) is 7.83. The van der Waals surface area contributed by atoms with Gasteiger partial charge in [0.05, 0.1) is 17.8 Å². The zero-order chi connectivity index (χ0) is 22.5. The fourth-order valence-corrected chi connectivity index (χ4v) is 4.14. The van der Waals surface area contributed by atoms with Crippen LogP contribution in [0, 0.1) is 6.92 Å². The highest BCUT2D eigenvalue weighted by Crippen LogP contribution is 2.38. The fourth-order valence-electron chi connectivity index (χ4n) is 4.14. The highest BCUT2D eigenvalue weighted by Gasteiger charge is 2.39. The maximum absolute atomic E-state index is 12.7. The Morgan fingerprint density at radius 1 is 1.32 bits per heavy atom. The zero-order valence-corrected chi connectivity index (χ0v) is 17.7. The molecule has 0 spiro atoms. The van der Waals surface area contributed by atoms with Gasteiger partial charge in [-0.2, -0.15) is 23.3 Å². The lowest BCUT2D eigenvalue weighted by molar-refractivity contribution is -0.141. The lowest BCUT2D eigenvalue weighted by Gasteiger charge is -2.42. The average Bonchev–Trinajstić information content (AvgIpc) is 3.15.